The maximum Gasteiger partial charge on any atom is 0.325 e. The minimum atomic E-state index is -0.751. The lowest BCUT2D eigenvalue weighted by Gasteiger charge is -2.19. The van der Waals surface area contributed by atoms with Crippen molar-refractivity contribution >= 4 is 41.9 Å². The first-order chi connectivity index (χ1) is 10.4. The standard InChI is InChI=1S/C15H29N5O2.HI/c1-6-11(3)18-13(16-5)17-9-8-10-20-12(21)15(4,7-2)19-14(20)22;/h11H,6-10H2,1-5H3,(H,19,22)(H2,16,17,18);1H. The highest BCUT2D eigenvalue weighted by molar-refractivity contribution is 14.0. The Balaban J connectivity index is 0.00000484. The van der Waals surface area contributed by atoms with Crippen molar-refractivity contribution in [2.45, 2.75) is 58.5 Å². The van der Waals surface area contributed by atoms with Gasteiger partial charge < -0.3 is 16.0 Å². The summed E-state index contributed by atoms with van der Waals surface area (Å²) >= 11 is 0. The van der Waals surface area contributed by atoms with Gasteiger partial charge in [-0.05, 0) is 33.1 Å². The minimum Gasteiger partial charge on any atom is -0.356 e. The van der Waals surface area contributed by atoms with Crippen molar-refractivity contribution in [1.29, 1.82) is 0 Å². The van der Waals surface area contributed by atoms with E-state index in [-0.39, 0.29) is 35.9 Å². The molecule has 0 bridgehead atoms. The number of amides is 3. The van der Waals surface area contributed by atoms with Gasteiger partial charge in [-0.3, -0.25) is 14.7 Å². The molecular formula is C15H30IN5O2. The molecule has 7 nitrogen and oxygen atoms in total. The summed E-state index contributed by atoms with van der Waals surface area (Å²) < 4.78 is 0. The van der Waals surface area contributed by atoms with Crippen LogP contribution in [0.2, 0.25) is 0 Å². The molecule has 0 saturated carbocycles. The molecule has 0 aromatic carbocycles. The molecule has 134 valence electrons. The predicted octanol–water partition coefficient (Wildman–Crippen LogP) is 1.68. The van der Waals surface area contributed by atoms with E-state index in [0.717, 1.165) is 12.4 Å². The molecule has 0 aliphatic carbocycles. The van der Waals surface area contributed by atoms with Crippen LogP contribution in [0.15, 0.2) is 4.99 Å². The highest BCUT2D eigenvalue weighted by Crippen LogP contribution is 2.20. The third kappa shape index (κ3) is 5.82. The summed E-state index contributed by atoms with van der Waals surface area (Å²) in [5.41, 5.74) is -0.751. The Kier molecular flexibility index (Phi) is 9.48. The fourth-order valence-corrected chi connectivity index (χ4v) is 2.16. The Morgan fingerprint density at radius 1 is 1.39 bits per heavy atom. The van der Waals surface area contributed by atoms with Crippen LogP contribution in [-0.4, -0.2) is 54.5 Å². The molecule has 0 spiro atoms. The predicted molar refractivity (Wildman–Crippen MR) is 103 cm³/mol. The van der Waals surface area contributed by atoms with Gasteiger partial charge in [-0.25, -0.2) is 4.79 Å². The van der Waals surface area contributed by atoms with Crippen LogP contribution in [0.5, 0.6) is 0 Å². The Hall–Kier alpha value is -1.06. The van der Waals surface area contributed by atoms with Gasteiger partial charge in [-0.1, -0.05) is 13.8 Å². The Morgan fingerprint density at radius 2 is 2.04 bits per heavy atom. The molecule has 1 rings (SSSR count). The summed E-state index contributed by atoms with van der Waals surface area (Å²) in [5.74, 6) is 0.604. The fourth-order valence-electron chi connectivity index (χ4n) is 2.16. The summed E-state index contributed by atoms with van der Waals surface area (Å²) in [7, 11) is 1.72. The fraction of sp³-hybridized carbons (Fsp3) is 0.800. The van der Waals surface area contributed by atoms with Gasteiger partial charge in [-0.15, -0.1) is 24.0 Å². The summed E-state index contributed by atoms with van der Waals surface area (Å²) in [5, 5.41) is 9.21. The third-order valence-corrected chi connectivity index (χ3v) is 4.12. The second kappa shape index (κ2) is 9.94. The van der Waals surface area contributed by atoms with Crippen molar-refractivity contribution in [1.82, 2.24) is 20.9 Å². The molecular weight excluding hydrogens is 409 g/mol. The molecule has 3 N–H and O–H groups in total. The van der Waals surface area contributed by atoms with Gasteiger partial charge >= 0.3 is 6.03 Å². The highest BCUT2D eigenvalue weighted by atomic mass is 127. The average Bonchev–Trinajstić information content (AvgIpc) is 2.73. The Labute approximate surface area is 156 Å². The quantitative estimate of drug-likeness (QED) is 0.185. The molecule has 8 heteroatoms. The van der Waals surface area contributed by atoms with Gasteiger partial charge in [0.1, 0.15) is 5.54 Å². The van der Waals surface area contributed by atoms with E-state index >= 15 is 0 Å². The molecule has 1 fully saturated rings. The van der Waals surface area contributed by atoms with E-state index in [2.05, 4.69) is 34.8 Å². The van der Waals surface area contributed by atoms with Crippen LogP contribution in [0.25, 0.3) is 0 Å². The summed E-state index contributed by atoms with van der Waals surface area (Å²) in [6.45, 7) is 8.92. The lowest BCUT2D eigenvalue weighted by atomic mass is 9.99. The first kappa shape index (κ1) is 21.9. The van der Waals surface area contributed by atoms with E-state index in [1.165, 1.54) is 4.90 Å². The van der Waals surface area contributed by atoms with Crippen LogP contribution < -0.4 is 16.0 Å². The second-order valence-corrected chi connectivity index (χ2v) is 5.88. The average molecular weight is 439 g/mol. The van der Waals surface area contributed by atoms with Crippen LogP contribution in [0, 0.1) is 0 Å². The lowest BCUT2D eigenvalue weighted by molar-refractivity contribution is -0.130. The number of hydrogen-bond acceptors (Lipinski definition) is 3. The van der Waals surface area contributed by atoms with Gasteiger partial charge in [0.15, 0.2) is 5.96 Å². The molecule has 1 aliphatic rings. The van der Waals surface area contributed by atoms with Gasteiger partial charge in [0.2, 0.25) is 0 Å². The number of rotatable bonds is 7. The van der Waals surface area contributed by atoms with Crippen molar-refractivity contribution in [2.24, 2.45) is 4.99 Å². The highest BCUT2D eigenvalue weighted by Gasteiger charge is 2.45. The van der Waals surface area contributed by atoms with E-state index in [1.54, 1.807) is 14.0 Å². The number of nitrogens with one attached hydrogen (secondary N) is 3. The molecule has 0 radical (unpaired) electrons. The van der Waals surface area contributed by atoms with Gasteiger partial charge in [0.05, 0.1) is 0 Å². The molecule has 1 heterocycles. The SMILES string of the molecule is CCC(C)NC(=NC)NCCCN1C(=O)NC(C)(CC)C1=O.I. The number of nitrogens with zero attached hydrogens (tertiary/aromatic N) is 2. The molecule has 3 amide bonds. The number of imide groups is 1. The molecule has 0 aromatic heterocycles. The molecule has 2 unspecified atom stereocenters. The van der Waals surface area contributed by atoms with E-state index < -0.39 is 5.54 Å². The van der Waals surface area contributed by atoms with Crippen molar-refractivity contribution in [3.05, 3.63) is 0 Å². The zero-order chi connectivity index (χ0) is 16.8. The van der Waals surface area contributed by atoms with Gasteiger partial charge in [0.25, 0.3) is 5.91 Å². The molecule has 23 heavy (non-hydrogen) atoms. The molecule has 1 saturated heterocycles. The molecule has 1 aliphatic heterocycles. The minimum absolute atomic E-state index is 0. The van der Waals surface area contributed by atoms with Crippen LogP contribution in [0.3, 0.4) is 0 Å². The van der Waals surface area contributed by atoms with Crippen molar-refractivity contribution in [3.63, 3.8) is 0 Å². The zero-order valence-electron chi connectivity index (χ0n) is 14.7. The van der Waals surface area contributed by atoms with Crippen LogP contribution >= 0.6 is 24.0 Å². The molecule has 2 atom stereocenters. The summed E-state index contributed by atoms with van der Waals surface area (Å²) in [6, 6.07) is 0.0545. The maximum absolute atomic E-state index is 12.2. The van der Waals surface area contributed by atoms with E-state index in [4.69, 9.17) is 0 Å². The van der Waals surface area contributed by atoms with Crippen LogP contribution in [0.1, 0.15) is 47.0 Å². The monoisotopic (exact) mass is 439 g/mol. The van der Waals surface area contributed by atoms with E-state index in [0.29, 0.717) is 32.0 Å². The zero-order valence-corrected chi connectivity index (χ0v) is 17.1. The van der Waals surface area contributed by atoms with Gasteiger partial charge in [0, 0.05) is 26.2 Å². The maximum atomic E-state index is 12.2. The van der Waals surface area contributed by atoms with Crippen molar-refractivity contribution < 1.29 is 9.59 Å². The second-order valence-electron chi connectivity index (χ2n) is 5.88. The van der Waals surface area contributed by atoms with Crippen molar-refractivity contribution in [2.75, 3.05) is 20.1 Å². The smallest absolute Gasteiger partial charge is 0.325 e. The topological polar surface area (TPSA) is 85.8 Å². The number of carbonyl (C=O) groups is 2. The number of aliphatic imine (C=N–C) groups is 1. The van der Waals surface area contributed by atoms with Crippen LogP contribution in [-0.2, 0) is 4.79 Å². The largest absolute Gasteiger partial charge is 0.356 e. The summed E-state index contributed by atoms with van der Waals surface area (Å²) in [4.78, 5) is 29.5. The number of guanidine groups is 1. The number of urea groups is 1. The Morgan fingerprint density at radius 3 is 2.52 bits per heavy atom. The number of carbonyl (C=O) groups excluding carboxylic acids is 2. The van der Waals surface area contributed by atoms with Crippen LogP contribution in [0.4, 0.5) is 4.79 Å². The normalized spacial score (nSPS) is 22.5. The first-order valence-electron chi connectivity index (χ1n) is 7.99. The Bertz CT molecular complexity index is 444. The first-order valence-corrected chi connectivity index (χ1v) is 7.99. The number of halogens is 1. The molecule has 0 aromatic rings. The van der Waals surface area contributed by atoms with Crippen molar-refractivity contribution in [3.8, 4) is 0 Å². The summed E-state index contributed by atoms with van der Waals surface area (Å²) in [6.07, 6.45) is 2.29. The van der Waals surface area contributed by atoms with E-state index in [1.807, 2.05) is 6.92 Å². The number of hydrogen-bond donors (Lipinski definition) is 3. The third-order valence-electron chi connectivity index (χ3n) is 4.12. The lowest BCUT2D eigenvalue weighted by Crippen LogP contribution is -2.44. The van der Waals surface area contributed by atoms with E-state index in [9.17, 15) is 9.59 Å². The van der Waals surface area contributed by atoms with Gasteiger partial charge in [-0.2, -0.15) is 0 Å².